The molecule has 0 heterocycles. The quantitative estimate of drug-likeness (QED) is 0.753. The van der Waals surface area contributed by atoms with Gasteiger partial charge in [-0.15, -0.1) is 0 Å². The molecule has 0 aromatic heterocycles. The first-order valence-corrected chi connectivity index (χ1v) is 8.30. The van der Waals surface area contributed by atoms with E-state index in [-0.39, 0.29) is 29.5 Å². The zero-order valence-corrected chi connectivity index (χ0v) is 14.8. The van der Waals surface area contributed by atoms with Crippen molar-refractivity contribution >= 4 is 17.5 Å². The van der Waals surface area contributed by atoms with Crippen molar-refractivity contribution in [3.63, 3.8) is 0 Å². The lowest BCUT2D eigenvalue weighted by Crippen LogP contribution is -2.42. The Morgan fingerprint density at radius 2 is 1.80 bits per heavy atom. The number of hydrogen-bond acceptors (Lipinski definition) is 3. The normalized spacial score (nSPS) is 11.0. The standard InChI is InChI=1S/C20H24N2O3/c1-4-20(2,3)22-19(25)15-9-7-10-16(12-15)21-18(24)13-14-8-5-6-11-17(14)23/h5-12,23H,4,13H2,1-3H3,(H,21,24)(H,22,25). The van der Waals surface area contributed by atoms with Crippen molar-refractivity contribution in [2.24, 2.45) is 0 Å². The maximum Gasteiger partial charge on any atom is 0.251 e. The molecule has 0 aliphatic rings. The molecule has 0 saturated heterocycles. The van der Waals surface area contributed by atoms with Crippen molar-refractivity contribution in [2.45, 2.75) is 39.2 Å². The number of para-hydroxylation sites is 1. The molecular weight excluding hydrogens is 316 g/mol. The lowest BCUT2D eigenvalue weighted by molar-refractivity contribution is -0.115. The Balaban J connectivity index is 2.05. The minimum atomic E-state index is -0.291. The Labute approximate surface area is 148 Å². The Kier molecular flexibility index (Phi) is 5.80. The fraction of sp³-hybridized carbons (Fsp3) is 0.300. The van der Waals surface area contributed by atoms with E-state index in [1.54, 1.807) is 48.5 Å². The molecule has 2 amide bonds. The fourth-order valence-electron chi connectivity index (χ4n) is 2.24. The van der Waals surface area contributed by atoms with Gasteiger partial charge < -0.3 is 15.7 Å². The number of nitrogens with one attached hydrogen (secondary N) is 2. The molecule has 0 radical (unpaired) electrons. The van der Waals surface area contributed by atoms with Crippen molar-refractivity contribution in [1.29, 1.82) is 0 Å². The molecule has 2 aromatic rings. The second-order valence-electron chi connectivity index (χ2n) is 6.63. The van der Waals surface area contributed by atoms with Crippen LogP contribution in [0, 0.1) is 0 Å². The molecule has 2 rings (SSSR count). The lowest BCUT2D eigenvalue weighted by Gasteiger charge is -2.24. The summed E-state index contributed by atoms with van der Waals surface area (Å²) in [5.74, 6) is -0.343. The summed E-state index contributed by atoms with van der Waals surface area (Å²) in [6.45, 7) is 5.93. The van der Waals surface area contributed by atoms with Gasteiger partial charge >= 0.3 is 0 Å². The molecule has 132 valence electrons. The zero-order valence-electron chi connectivity index (χ0n) is 14.8. The van der Waals surface area contributed by atoms with Crippen molar-refractivity contribution in [3.8, 4) is 5.75 Å². The van der Waals surface area contributed by atoms with Gasteiger partial charge in [0.25, 0.3) is 5.91 Å². The van der Waals surface area contributed by atoms with E-state index in [4.69, 9.17) is 0 Å². The van der Waals surface area contributed by atoms with Crippen LogP contribution in [0.4, 0.5) is 5.69 Å². The molecule has 0 bridgehead atoms. The van der Waals surface area contributed by atoms with Crippen LogP contribution in [0.5, 0.6) is 5.75 Å². The Hall–Kier alpha value is -2.82. The van der Waals surface area contributed by atoms with Crippen LogP contribution < -0.4 is 10.6 Å². The third-order valence-electron chi connectivity index (χ3n) is 4.09. The highest BCUT2D eigenvalue weighted by atomic mass is 16.3. The van der Waals surface area contributed by atoms with Crippen LogP contribution in [0.25, 0.3) is 0 Å². The van der Waals surface area contributed by atoms with Crippen LogP contribution in [0.2, 0.25) is 0 Å². The molecule has 2 aromatic carbocycles. The second kappa shape index (κ2) is 7.83. The predicted molar refractivity (Wildman–Crippen MR) is 98.7 cm³/mol. The summed E-state index contributed by atoms with van der Waals surface area (Å²) < 4.78 is 0. The highest BCUT2D eigenvalue weighted by Crippen LogP contribution is 2.18. The Morgan fingerprint density at radius 3 is 2.48 bits per heavy atom. The maximum absolute atomic E-state index is 12.3. The number of anilines is 1. The summed E-state index contributed by atoms with van der Waals surface area (Å²) in [6, 6.07) is 13.5. The van der Waals surface area contributed by atoms with E-state index in [0.29, 0.717) is 16.8 Å². The number of aromatic hydroxyl groups is 1. The number of carbonyl (C=O) groups is 2. The predicted octanol–water partition coefficient (Wildman–Crippen LogP) is 3.49. The minimum Gasteiger partial charge on any atom is -0.508 e. The van der Waals surface area contributed by atoms with Crippen LogP contribution in [0.3, 0.4) is 0 Å². The first-order chi connectivity index (χ1) is 11.8. The van der Waals surface area contributed by atoms with Gasteiger partial charge in [0, 0.05) is 22.4 Å². The van der Waals surface area contributed by atoms with Crippen LogP contribution in [-0.4, -0.2) is 22.5 Å². The highest BCUT2D eigenvalue weighted by molar-refractivity contribution is 5.98. The van der Waals surface area contributed by atoms with Gasteiger partial charge in [-0.2, -0.15) is 0 Å². The SMILES string of the molecule is CCC(C)(C)NC(=O)c1cccc(NC(=O)Cc2ccccc2O)c1. The van der Waals surface area contributed by atoms with Crippen molar-refractivity contribution in [1.82, 2.24) is 5.32 Å². The van der Waals surface area contributed by atoms with Crippen molar-refractivity contribution < 1.29 is 14.7 Å². The first-order valence-electron chi connectivity index (χ1n) is 8.30. The third kappa shape index (κ3) is 5.35. The summed E-state index contributed by atoms with van der Waals surface area (Å²) in [5.41, 5.74) is 1.30. The van der Waals surface area contributed by atoms with E-state index in [1.807, 2.05) is 20.8 Å². The molecule has 0 unspecified atom stereocenters. The van der Waals surface area contributed by atoms with E-state index in [1.165, 1.54) is 0 Å². The van der Waals surface area contributed by atoms with Crippen LogP contribution in [-0.2, 0) is 11.2 Å². The monoisotopic (exact) mass is 340 g/mol. The summed E-state index contributed by atoms with van der Waals surface area (Å²) in [5, 5.41) is 15.5. The van der Waals surface area contributed by atoms with Gasteiger partial charge in [-0.25, -0.2) is 0 Å². The van der Waals surface area contributed by atoms with Crippen LogP contribution >= 0.6 is 0 Å². The molecule has 5 nitrogen and oxygen atoms in total. The van der Waals surface area contributed by atoms with Gasteiger partial charge in [0.15, 0.2) is 0 Å². The van der Waals surface area contributed by atoms with Crippen molar-refractivity contribution in [3.05, 3.63) is 59.7 Å². The van der Waals surface area contributed by atoms with Gasteiger partial charge in [0.2, 0.25) is 5.91 Å². The maximum atomic E-state index is 12.3. The van der Waals surface area contributed by atoms with Gasteiger partial charge in [0.05, 0.1) is 6.42 Å². The van der Waals surface area contributed by atoms with E-state index in [0.717, 1.165) is 6.42 Å². The molecule has 0 atom stereocenters. The van der Waals surface area contributed by atoms with E-state index in [9.17, 15) is 14.7 Å². The van der Waals surface area contributed by atoms with E-state index >= 15 is 0 Å². The molecule has 0 aliphatic heterocycles. The van der Waals surface area contributed by atoms with Crippen LogP contribution in [0.1, 0.15) is 43.1 Å². The Bertz CT molecular complexity index is 769. The zero-order chi connectivity index (χ0) is 18.4. The average Bonchev–Trinajstić information content (AvgIpc) is 2.57. The van der Waals surface area contributed by atoms with Crippen molar-refractivity contribution in [2.75, 3.05) is 5.32 Å². The third-order valence-corrected chi connectivity index (χ3v) is 4.09. The number of carbonyl (C=O) groups excluding carboxylic acids is 2. The first kappa shape index (κ1) is 18.5. The van der Waals surface area contributed by atoms with Gasteiger partial charge in [-0.1, -0.05) is 31.2 Å². The second-order valence-corrected chi connectivity index (χ2v) is 6.63. The number of rotatable bonds is 6. The molecule has 3 N–H and O–H groups in total. The molecule has 0 spiro atoms. The number of phenols is 1. The fourth-order valence-corrected chi connectivity index (χ4v) is 2.24. The molecule has 0 fully saturated rings. The molecule has 25 heavy (non-hydrogen) atoms. The molecular formula is C20H24N2O3. The van der Waals surface area contributed by atoms with E-state index in [2.05, 4.69) is 10.6 Å². The highest BCUT2D eigenvalue weighted by Gasteiger charge is 2.19. The Morgan fingerprint density at radius 1 is 1.08 bits per heavy atom. The van der Waals surface area contributed by atoms with Gasteiger partial charge in [-0.3, -0.25) is 9.59 Å². The minimum absolute atomic E-state index is 0.0615. The topological polar surface area (TPSA) is 78.4 Å². The largest absolute Gasteiger partial charge is 0.508 e. The van der Waals surface area contributed by atoms with Gasteiger partial charge in [0.1, 0.15) is 5.75 Å². The van der Waals surface area contributed by atoms with Gasteiger partial charge in [-0.05, 0) is 44.5 Å². The summed E-state index contributed by atoms with van der Waals surface area (Å²) in [6.07, 6.45) is 0.877. The summed E-state index contributed by atoms with van der Waals surface area (Å²) >= 11 is 0. The molecule has 5 heteroatoms. The molecule has 0 aliphatic carbocycles. The molecule has 0 saturated carbocycles. The number of phenolic OH excluding ortho intramolecular Hbond substituents is 1. The summed E-state index contributed by atoms with van der Waals surface area (Å²) in [7, 11) is 0. The van der Waals surface area contributed by atoms with Crippen LogP contribution in [0.15, 0.2) is 48.5 Å². The average molecular weight is 340 g/mol. The smallest absolute Gasteiger partial charge is 0.251 e. The number of hydrogen-bond donors (Lipinski definition) is 3. The lowest BCUT2D eigenvalue weighted by atomic mass is 10.0. The summed E-state index contributed by atoms with van der Waals surface area (Å²) in [4.78, 5) is 24.5. The number of benzene rings is 2. The van der Waals surface area contributed by atoms with E-state index < -0.39 is 0 Å². The number of amides is 2.